The Kier molecular flexibility index (Phi) is 6.46. The van der Waals surface area contributed by atoms with Gasteiger partial charge in [-0.2, -0.15) is 0 Å². The number of carbonyl (C=O) groups excluding carboxylic acids is 1. The van der Waals surface area contributed by atoms with Crippen molar-refractivity contribution in [2.75, 3.05) is 43.9 Å². The molecule has 0 radical (unpaired) electrons. The zero-order chi connectivity index (χ0) is 18.5. The number of carbonyl (C=O) groups is 1. The largest absolute Gasteiger partial charge is 0.370 e. The first-order valence-electron chi connectivity index (χ1n) is 8.80. The summed E-state index contributed by atoms with van der Waals surface area (Å²) in [5.74, 6) is -0.364. The molecule has 140 valence electrons. The van der Waals surface area contributed by atoms with E-state index >= 15 is 0 Å². The maximum Gasteiger partial charge on any atom is 0.241 e. The summed E-state index contributed by atoms with van der Waals surface area (Å²) in [5, 5.41) is 5.99. The van der Waals surface area contributed by atoms with Crippen LogP contribution in [-0.2, 0) is 14.6 Å². The Hall–Kier alpha value is -1.60. The fourth-order valence-electron chi connectivity index (χ4n) is 3.36. The molecular weight excluding hydrogens is 338 g/mol. The van der Waals surface area contributed by atoms with Crippen LogP contribution in [0.25, 0.3) is 0 Å². The molecule has 1 aliphatic heterocycles. The van der Waals surface area contributed by atoms with Crippen LogP contribution >= 0.6 is 0 Å². The summed E-state index contributed by atoms with van der Waals surface area (Å²) in [4.78, 5) is 14.9. The predicted octanol–water partition coefficient (Wildman–Crippen LogP) is 1.10. The van der Waals surface area contributed by atoms with Crippen LogP contribution < -0.4 is 15.5 Å². The second kappa shape index (κ2) is 8.19. The summed E-state index contributed by atoms with van der Waals surface area (Å²) in [5.41, 5.74) is 2.29. The summed E-state index contributed by atoms with van der Waals surface area (Å²) in [6, 6.07) is 8.21. The van der Waals surface area contributed by atoms with Crippen LogP contribution in [0, 0.1) is 6.92 Å². The minimum Gasteiger partial charge on any atom is -0.370 e. The zero-order valence-electron chi connectivity index (χ0n) is 15.3. The van der Waals surface area contributed by atoms with Gasteiger partial charge in [0.2, 0.25) is 5.91 Å². The lowest BCUT2D eigenvalue weighted by molar-refractivity contribution is -0.124. The molecule has 1 heterocycles. The van der Waals surface area contributed by atoms with Gasteiger partial charge in [0, 0.05) is 31.6 Å². The first-order chi connectivity index (χ1) is 11.8. The minimum atomic E-state index is -3.47. The van der Waals surface area contributed by atoms with Gasteiger partial charge in [-0.05, 0) is 57.5 Å². The van der Waals surface area contributed by atoms with Crippen LogP contribution in [-0.4, -0.2) is 58.1 Å². The Morgan fingerprint density at radius 1 is 1.32 bits per heavy atom. The zero-order valence-corrected chi connectivity index (χ0v) is 16.2. The van der Waals surface area contributed by atoms with E-state index in [1.807, 2.05) is 25.1 Å². The second-order valence-corrected chi connectivity index (χ2v) is 9.02. The average molecular weight is 368 g/mol. The summed E-state index contributed by atoms with van der Waals surface area (Å²) < 4.78 is 23.2. The van der Waals surface area contributed by atoms with Crippen LogP contribution in [0.3, 0.4) is 0 Å². The number of benzene rings is 1. The highest BCUT2D eigenvalue weighted by atomic mass is 32.2. The number of hydrogen-bond donors (Lipinski definition) is 2. The van der Waals surface area contributed by atoms with E-state index in [0.29, 0.717) is 39.0 Å². The monoisotopic (exact) mass is 367 g/mol. The number of aryl methyl sites for hydroxylation is 1. The van der Waals surface area contributed by atoms with E-state index < -0.39 is 14.6 Å². The number of sulfone groups is 1. The SMILES string of the molecule is CCN(CCNC(=O)C1(S(C)(=O)=O)CCNCC1)c1cccc(C)c1. The fourth-order valence-corrected chi connectivity index (χ4v) is 4.71. The Morgan fingerprint density at radius 3 is 2.56 bits per heavy atom. The first kappa shape index (κ1) is 19.7. The molecule has 2 N–H and O–H groups in total. The van der Waals surface area contributed by atoms with E-state index in [1.165, 1.54) is 11.8 Å². The van der Waals surface area contributed by atoms with E-state index in [4.69, 9.17) is 0 Å². The predicted molar refractivity (Wildman–Crippen MR) is 102 cm³/mol. The van der Waals surface area contributed by atoms with E-state index in [-0.39, 0.29) is 5.91 Å². The molecule has 1 aliphatic rings. The van der Waals surface area contributed by atoms with Gasteiger partial charge in [-0.3, -0.25) is 4.79 Å². The van der Waals surface area contributed by atoms with Gasteiger partial charge in [0.25, 0.3) is 0 Å². The highest BCUT2D eigenvalue weighted by Crippen LogP contribution is 2.28. The number of piperidine rings is 1. The normalized spacial score (nSPS) is 17.1. The van der Waals surface area contributed by atoms with Gasteiger partial charge in [-0.25, -0.2) is 8.42 Å². The van der Waals surface area contributed by atoms with E-state index in [0.717, 1.165) is 12.2 Å². The third kappa shape index (κ3) is 4.52. The second-order valence-electron chi connectivity index (χ2n) is 6.69. The molecule has 1 saturated heterocycles. The topological polar surface area (TPSA) is 78.5 Å². The number of amides is 1. The maximum absolute atomic E-state index is 12.7. The Bertz CT molecular complexity index is 697. The Balaban J connectivity index is 2.00. The van der Waals surface area contributed by atoms with E-state index in [1.54, 1.807) is 0 Å². The number of nitrogens with zero attached hydrogens (tertiary/aromatic N) is 1. The number of hydrogen-bond acceptors (Lipinski definition) is 5. The number of rotatable bonds is 7. The van der Waals surface area contributed by atoms with Crippen molar-refractivity contribution in [3.63, 3.8) is 0 Å². The molecule has 7 heteroatoms. The third-order valence-electron chi connectivity index (χ3n) is 4.95. The standard InChI is InChI=1S/C18H29N3O3S/c1-4-21(16-7-5-6-15(2)14-16)13-12-20-17(22)18(25(3,23)24)8-10-19-11-9-18/h5-7,14,19H,4,8-13H2,1-3H3,(H,20,22). The molecule has 25 heavy (non-hydrogen) atoms. The molecule has 1 amide bonds. The lowest BCUT2D eigenvalue weighted by Crippen LogP contribution is -2.57. The lowest BCUT2D eigenvalue weighted by Gasteiger charge is -2.34. The molecule has 2 rings (SSSR count). The van der Waals surface area contributed by atoms with Crippen molar-refractivity contribution >= 4 is 21.4 Å². The van der Waals surface area contributed by atoms with Crippen molar-refractivity contribution in [3.8, 4) is 0 Å². The van der Waals surface area contributed by atoms with Gasteiger partial charge in [0.15, 0.2) is 14.6 Å². The van der Waals surface area contributed by atoms with Crippen molar-refractivity contribution in [2.24, 2.45) is 0 Å². The van der Waals surface area contributed by atoms with E-state index in [9.17, 15) is 13.2 Å². The summed E-state index contributed by atoms with van der Waals surface area (Å²) >= 11 is 0. The van der Waals surface area contributed by atoms with Gasteiger partial charge in [-0.1, -0.05) is 12.1 Å². The highest BCUT2D eigenvalue weighted by molar-refractivity contribution is 7.92. The highest BCUT2D eigenvalue weighted by Gasteiger charge is 2.48. The van der Waals surface area contributed by atoms with Crippen molar-refractivity contribution in [2.45, 2.75) is 31.4 Å². The lowest BCUT2D eigenvalue weighted by atomic mass is 9.96. The minimum absolute atomic E-state index is 0.326. The van der Waals surface area contributed by atoms with Gasteiger partial charge in [-0.15, -0.1) is 0 Å². The van der Waals surface area contributed by atoms with Crippen molar-refractivity contribution in [1.29, 1.82) is 0 Å². The van der Waals surface area contributed by atoms with Crippen LogP contribution in [0.4, 0.5) is 5.69 Å². The van der Waals surface area contributed by atoms with Crippen molar-refractivity contribution in [3.05, 3.63) is 29.8 Å². The van der Waals surface area contributed by atoms with Gasteiger partial charge in [0.1, 0.15) is 0 Å². The molecule has 1 aromatic rings. The first-order valence-corrected chi connectivity index (χ1v) is 10.7. The molecule has 6 nitrogen and oxygen atoms in total. The van der Waals surface area contributed by atoms with Crippen LogP contribution in [0.5, 0.6) is 0 Å². The number of likely N-dealkylation sites (N-methyl/N-ethyl adjacent to an activating group) is 1. The summed E-state index contributed by atoms with van der Waals surface area (Å²) in [7, 11) is -3.47. The molecule has 0 bridgehead atoms. The molecule has 0 spiro atoms. The molecule has 0 atom stereocenters. The Labute approximate surface area is 150 Å². The van der Waals surface area contributed by atoms with Crippen LogP contribution in [0.2, 0.25) is 0 Å². The molecule has 1 aromatic carbocycles. The average Bonchev–Trinajstić information content (AvgIpc) is 2.58. The molecule has 0 aliphatic carbocycles. The number of nitrogens with one attached hydrogen (secondary N) is 2. The van der Waals surface area contributed by atoms with Gasteiger partial charge in [0.05, 0.1) is 0 Å². The molecular formula is C18H29N3O3S. The third-order valence-corrected chi connectivity index (χ3v) is 6.96. The van der Waals surface area contributed by atoms with Crippen LogP contribution in [0.15, 0.2) is 24.3 Å². The van der Waals surface area contributed by atoms with Crippen LogP contribution in [0.1, 0.15) is 25.3 Å². The smallest absolute Gasteiger partial charge is 0.241 e. The van der Waals surface area contributed by atoms with E-state index in [2.05, 4.69) is 28.5 Å². The molecule has 0 saturated carbocycles. The maximum atomic E-state index is 12.7. The van der Waals surface area contributed by atoms with Gasteiger partial charge >= 0.3 is 0 Å². The fraction of sp³-hybridized carbons (Fsp3) is 0.611. The van der Waals surface area contributed by atoms with Crippen molar-refractivity contribution in [1.82, 2.24) is 10.6 Å². The van der Waals surface area contributed by atoms with Gasteiger partial charge < -0.3 is 15.5 Å². The summed E-state index contributed by atoms with van der Waals surface area (Å²) in [6.45, 7) is 7.09. The number of anilines is 1. The summed E-state index contributed by atoms with van der Waals surface area (Å²) in [6.07, 6.45) is 1.82. The van der Waals surface area contributed by atoms with Crippen molar-refractivity contribution < 1.29 is 13.2 Å². The Morgan fingerprint density at radius 2 is 2.00 bits per heavy atom. The molecule has 1 fully saturated rings. The molecule has 0 aromatic heterocycles. The molecule has 0 unspecified atom stereocenters. The quantitative estimate of drug-likeness (QED) is 0.755.